The summed E-state index contributed by atoms with van der Waals surface area (Å²) in [6, 6.07) is 6.82. The molecule has 24 heavy (non-hydrogen) atoms. The number of benzene rings is 1. The molecule has 1 aromatic carbocycles. The summed E-state index contributed by atoms with van der Waals surface area (Å²) in [4.78, 5) is 12.0. The molecule has 1 unspecified atom stereocenters. The SMILES string of the molecule is CCCC(C)(N)C(=O)NCc1ccc(COCC(F)(F)F)cc1.Cl. The molecule has 0 spiro atoms. The second-order valence-electron chi connectivity index (χ2n) is 5.77. The van der Waals surface area contributed by atoms with Crippen molar-refractivity contribution in [2.24, 2.45) is 5.73 Å². The number of amides is 1. The monoisotopic (exact) mass is 368 g/mol. The van der Waals surface area contributed by atoms with Crippen LogP contribution >= 0.6 is 12.4 Å². The van der Waals surface area contributed by atoms with E-state index < -0.39 is 18.3 Å². The van der Waals surface area contributed by atoms with Crippen LogP contribution in [0.1, 0.15) is 37.8 Å². The van der Waals surface area contributed by atoms with E-state index in [-0.39, 0.29) is 24.9 Å². The van der Waals surface area contributed by atoms with Gasteiger partial charge in [-0.05, 0) is 24.5 Å². The van der Waals surface area contributed by atoms with Crippen molar-refractivity contribution in [2.75, 3.05) is 6.61 Å². The van der Waals surface area contributed by atoms with E-state index in [1.165, 1.54) is 0 Å². The molecule has 0 aliphatic carbocycles. The molecule has 1 amide bonds. The standard InChI is InChI=1S/C16H23F3N2O2.ClH/c1-3-8-15(2,20)14(22)21-9-12-4-6-13(7-5-12)10-23-11-16(17,18)19;/h4-7H,3,8-11,20H2,1-2H3,(H,21,22);1H. The molecule has 3 N–H and O–H groups in total. The van der Waals surface area contributed by atoms with Crippen LogP contribution in [0.2, 0.25) is 0 Å². The highest BCUT2D eigenvalue weighted by Gasteiger charge is 2.27. The Bertz CT molecular complexity index is 505. The summed E-state index contributed by atoms with van der Waals surface area (Å²) in [5, 5.41) is 2.76. The summed E-state index contributed by atoms with van der Waals surface area (Å²) < 4.78 is 40.5. The highest BCUT2D eigenvalue weighted by Crippen LogP contribution is 2.16. The van der Waals surface area contributed by atoms with Crippen molar-refractivity contribution >= 4 is 18.3 Å². The zero-order chi connectivity index (χ0) is 17.5. The Hall–Kier alpha value is -1.31. The van der Waals surface area contributed by atoms with Gasteiger partial charge in [0.1, 0.15) is 6.61 Å². The van der Waals surface area contributed by atoms with Crippen molar-refractivity contribution in [3.63, 3.8) is 0 Å². The molecule has 0 saturated heterocycles. The third-order valence-electron chi connectivity index (χ3n) is 3.30. The first-order valence-electron chi connectivity index (χ1n) is 7.43. The number of alkyl halides is 3. The predicted octanol–water partition coefficient (Wildman–Crippen LogP) is 3.32. The van der Waals surface area contributed by atoms with Gasteiger partial charge >= 0.3 is 6.18 Å². The van der Waals surface area contributed by atoms with Crippen LogP contribution in [-0.2, 0) is 22.7 Å². The third kappa shape index (κ3) is 8.52. The number of carbonyl (C=O) groups is 1. The molecule has 1 atom stereocenters. The van der Waals surface area contributed by atoms with Crippen LogP contribution in [0, 0.1) is 0 Å². The Morgan fingerprint density at radius 2 is 1.75 bits per heavy atom. The predicted molar refractivity (Wildman–Crippen MR) is 88.7 cm³/mol. The molecule has 0 aromatic heterocycles. The van der Waals surface area contributed by atoms with Crippen molar-refractivity contribution in [3.05, 3.63) is 35.4 Å². The molecule has 0 heterocycles. The van der Waals surface area contributed by atoms with Crippen LogP contribution in [0.15, 0.2) is 24.3 Å². The van der Waals surface area contributed by atoms with Gasteiger partial charge in [0.15, 0.2) is 0 Å². The maximum atomic E-state index is 12.0. The van der Waals surface area contributed by atoms with Crippen molar-refractivity contribution in [1.82, 2.24) is 5.32 Å². The van der Waals surface area contributed by atoms with Gasteiger partial charge in [-0.1, -0.05) is 37.6 Å². The molecule has 0 saturated carbocycles. The lowest BCUT2D eigenvalue weighted by Crippen LogP contribution is -2.51. The molecular weight excluding hydrogens is 345 g/mol. The number of nitrogens with two attached hydrogens (primary N) is 1. The van der Waals surface area contributed by atoms with Crippen molar-refractivity contribution in [1.29, 1.82) is 0 Å². The van der Waals surface area contributed by atoms with Gasteiger partial charge in [-0.2, -0.15) is 13.2 Å². The topological polar surface area (TPSA) is 64.4 Å². The van der Waals surface area contributed by atoms with Crippen LogP contribution in [-0.4, -0.2) is 24.2 Å². The maximum Gasteiger partial charge on any atom is 0.411 e. The molecule has 0 aliphatic rings. The minimum atomic E-state index is -4.32. The lowest BCUT2D eigenvalue weighted by Gasteiger charge is -2.22. The lowest BCUT2D eigenvalue weighted by atomic mass is 9.96. The van der Waals surface area contributed by atoms with Gasteiger partial charge in [-0.3, -0.25) is 4.79 Å². The summed E-state index contributed by atoms with van der Waals surface area (Å²) in [6.07, 6.45) is -2.92. The molecular formula is C16H24ClF3N2O2. The summed E-state index contributed by atoms with van der Waals surface area (Å²) in [7, 11) is 0. The fourth-order valence-corrected chi connectivity index (χ4v) is 2.06. The second-order valence-corrected chi connectivity index (χ2v) is 5.77. The van der Waals surface area contributed by atoms with E-state index >= 15 is 0 Å². The fraction of sp³-hybridized carbons (Fsp3) is 0.562. The Morgan fingerprint density at radius 1 is 1.21 bits per heavy atom. The molecule has 1 rings (SSSR count). The Labute approximate surface area is 146 Å². The smallest absolute Gasteiger partial charge is 0.367 e. The van der Waals surface area contributed by atoms with Crippen molar-refractivity contribution in [3.8, 4) is 0 Å². The zero-order valence-corrected chi connectivity index (χ0v) is 14.6. The van der Waals surface area contributed by atoms with E-state index in [0.29, 0.717) is 18.5 Å². The van der Waals surface area contributed by atoms with Gasteiger partial charge < -0.3 is 15.8 Å². The molecule has 0 aliphatic heterocycles. The van der Waals surface area contributed by atoms with Gasteiger partial charge in [0.2, 0.25) is 5.91 Å². The van der Waals surface area contributed by atoms with E-state index in [9.17, 15) is 18.0 Å². The van der Waals surface area contributed by atoms with Gasteiger partial charge in [-0.15, -0.1) is 12.4 Å². The van der Waals surface area contributed by atoms with Crippen LogP contribution in [0.5, 0.6) is 0 Å². The number of carbonyl (C=O) groups excluding carboxylic acids is 1. The maximum absolute atomic E-state index is 12.0. The second kappa shape index (κ2) is 9.86. The average Bonchev–Trinajstić information content (AvgIpc) is 2.44. The summed E-state index contributed by atoms with van der Waals surface area (Å²) >= 11 is 0. The van der Waals surface area contributed by atoms with Gasteiger partial charge in [-0.25, -0.2) is 0 Å². The number of halogens is 4. The average molecular weight is 369 g/mol. The Morgan fingerprint density at radius 3 is 2.25 bits per heavy atom. The van der Waals surface area contributed by atoms with E-state index in [1.807, 2.05) is 6.92 Å². The van der Waals surface area contributed by atoms with E-state index in [4.69, 9.17) is 5.73 Å². The first-order valence-corrected chi connectivity index (χ1v) is 7.43. The number of rotatable bonds is 8. The third-order valence-corrected chi connectivity index (χ3v) is 3.30. The molecule has 0 fully saturated rings. The summed E-state index contributed by atoms with van der Waals surface area (Å²) in [5.74, 6) is -0.225. The van der Waals surface area contributed by atoms with Crippen LogP contribution in [0.3, 0.4) is 0 Å². The largest absolute Gasteiger partial charge is 0.411 e. The highest BCUT2D eigenvalue weighted by molar-refractivity contribution is 5.85. The van der Waals surface area contributed by atoms with Crippen molar-refractivity contribution < 1.29 is 22.7 Å². The zero-order valence-electron chi connectivity index (χ0n) is 13.8. The first kappa shape index (κ1) is 22.7. The highest BCUT2D eigenvalue weighted by atomic mass is 35.5. The molecule has 8 heteroatoms. The molecule has 0 radical (unpaired) electrons. The molecule has 1 aromatic rings. The van der Waals surface area contributed by atoms with E-state index in [1.54, 1.807) is 31.2 Å². The van der Waals surface area contributed by atoms with Gasteiger partial charge in [0, 0.05) is 6.54 Å². The number of nitrogens with one attached hydrogen (secondary N) is 1. The van der Waals surface area contributed by atoms with Crippen molar-refractivity contribution in [2.45, 2.75) is 51.6 Å². The minimum Gasteiger partial charge on any atom is -0.367 e. The molecule has 0 bridgehead atoms. The van der Waals surface area contributed by atoms with Gasteiger partial charge in [0.05, 0.1) is 12.1 Å². The van der Waals surface area contributed by atoms with Crippen LogP contribution < -0.4 is 11.1 Å². The van der Waals surface area contributed by atoms with Crippen LogP contribution in [0.4, 0.5) is 13.2 Å². The number of ether oxygens (including phenoxy) is 1. The van der Waals surface area contributed by atoms with Gasteiger partial charge in [0.25, 0.3) is 0 Å². The number of hydrogen-bond donors (Lipinski definition) is 2. The number of hydrogen-bond acceptors (Lipinski definition) is 3. The fourth-order valence-electron chi connectivity index (χ4n) is 2.06. The van der Waals surface area contributed by atoms with Crippen LogP contribution in [0.25, 0.3) is 0 Å². The molecule has 138 valence electrons. The normalized spacial score (nSPS) is 13.8. The van der Waals surface area contributed by atoms with E-state index in [2.05, 4.69) is 10.1 Å². The Balaban J connectivity index is 0.00000529. The summed E-state index contributed by atoms with van der Waals surface area (Å²) in [6.45, 7) is 2.59. The van der Waals surface area contributed by atoms with E-state index in [0.717, 1.165) is 12.0 Å². The first-order chi connectivity index (χ1) is 10.6. The quantitative estimate of drug-likeness (QED) is 0.739. The summed E-state index contributed by atoms with van der Waals surface area (Å²) in [5.41, 5.74) is 6.50. The minimum absolute atomic E-state index is 0. The molecule has 4 nitrogen and oxygen atoms in total. The lowest BCUT2D eigenvalue weighted by molar-refractivity contribution is -0.176. The Kier molecular flexibility index (Phi) is 9.32.